The maximum absolute atomic E-state index is 12.1. The molecule has 8 nitrogen and oxygen atoms in total. The molecular formula is C15H15ClN2O6S2. The molecule has 0 aliphatic rings. The summed E-state index contributed by atoms with van der Waals surface area (Å²) < 4.78 is 52.9. The predicted molar refractivity (Wildman–Crippen MR) is 95.2 cm³/mol. The molecular weight excluding hydrogens is 404 g/mol. The van der Waals surface area contributed by atoms with E-state index in [0.717, 1.165) is 6.07 Å². The SMILES string of the molecule is O=C(O)c1cccc(S(=O)(=O)NCCNS(=O)(=O)c2cccc(Cl)c2)c1. The average Bonchev–Trinajstić information content (AvgIpc) is 2.59. The maximum atomic E-state index is 12.1. The van der Waals surface area contributed by atoms with Crippen LogP contribution in [0.1, 0.15) is 10.4 Å². The normalized spacial score (nSPS) is 12.0. The van der Waals surface area contributed by atoms with E-state index in [1.54, 1.807) is 0 Å². The van der Waals surface area contributed by atoms with E-state index in [9.17, 15) is 21.6 Å². The summed E-state index contributed by atoms with van der Waals surface area (Å²) in [5.74, 6) is -1.25. The number of aromatic carboxylic acids is 1. The largest absolute Gasteiger partial charge is 0.478 e. The molecule has 0 fully saturated rings. The lowest BCUT2D eigenvalue weighted by Gasteiger charge is -2.09. The smallest absolute Gasteiger partial charge is 0.335 e. The average molecular weight is 419 g/mol. The molecule has 0 aromatic heterocycles. The van der Waals surface area contributed by atoms with Crippen molar-refractivity contribution in [3.63, 3.8) is 0 Å². The van der Waals surface area contributed by atoms with Gasteiger partial charge in [-0.25, -0.2) is 31.1 Å². The Hall–Kier alpha value is -1.98. The third-order valence-electron chi connectivity index (χ3n) is 3.21. The summed E-state index contributed by atoms with van der Waals surface area (Å²) in [7, 11) is -7.80. The number of carboxylic acids is 1. The highest BCUT2D eigenvalue weighted by Gasteiger charge is 2.17. The number of benzene rings is 2. The summed E-state index contributed by atoms with van der Waals surface area (Å²) in [5.41, 5.74) is -0.172. The van der Waals surface area contributed by atoms with Gasteiger partial charge in [-0.3, -0.25) is 0 Å². The van der Waals surface area contributed by atoms with Crippen LogP contribution in [0, 0.1) is 0 Å². The van der Waals surface area contributed by atoms with Gasteiger partial charge in [-0.1, -0.05) is 23.7 Å². The fourth-order valence-corrected chi connectivity index (χ4v) is 4.38. The van der Waals surface area contributed by atoms with E-state index in [1.165, 1.54) is 42.5 Å². The summed E-state index contributed by atoms with van der Waals surface area (Å²) in [6.07, 6.45) is 0. The minimum absolute atomic E-state index is 0.0398. The third kappa shape index (κ3) is 5.26. The third-order valence-corrected chi connectivity index (χ3v) is 6.36. The molecule has 0 aliphatic carbocycles. The summed E-state index contributed by atoms with van der Waals surface area (Å²) in [6, 6.07) is 10.5. The molecule has 26 heavy (non-hydrogen) atoms. The topological polar surface area (TPSA) is 130 Å². The molecule has 0 saturated carbocycles. The molecule has 0 bridgehead atoms. The Kier molecular flexibility index (Phi) is 6.37. The summed E-state index contributed by atoms with van der Waals surface area (Å²) >= 11 is 5.75. The first-order valence-electron chi connectivity index (χ1n) is 7.20. The number of hydrogen-bond acceptors (Lipinski definition) is 5. The van der Waals surface area contributed by atoms with Gasteiger partial charge in [0, 0.05) is 18.1 Å². The lowest BCUT2D eigenvalue weighted by Crippen LogP contribution is -2.34. The van der Waals surface area contributed by atoms with E-state index in [1.807, 2.05) is 0 Å². The highest BCUT2D eigenvalue weighted by molar-refractivity contribution is 7.90. The second-order valence-electron chi connectivity index (χ2n) is 5.09. The Bertz CT molecular complexity index is 1020. The fourth-order valence-electron chi connectivity index (χ4n) is 1.97. The second kappa shape index (κ2) is 8.14. The van der Waals surface area contributed by atoms with Crippen LogP contribution in [-0.4, -0.2) is 41.0 Å². The van der Waals surface area contributed by atoms with Crippen molar-refractivity contribution in [2.45, 2.75) is 9.79 Å². The highest BCUT2D eigenvalue weighted by Crippen LogP contribution is 2.15. The van der Waals surface area contributed by atoms with Crippen LogP contribution >= 0.6 is 11.6 Å². The van der Waals surface area contributed by atoms with E-state index in [-0.39, 0.29) is 33.5 Å². The van der Waals surface area contributed by atoms with Gasteiger partial charge in [0.15, 0.2) is 0 Å². The van der Waals surface area contributed by atoms with Gasteiger partial charge in [0.2, 0.25) is 20.0 Å². The van der Waals surface area contributed by atoms with Crippen molar-refractivity contribution in [2.24, 2.45) is 0 Å². The van der Waals surface area contributed by atoms with E-state index in [4.69, 9.17) is 16.7 Å². The number of rotatable bonds is 8. The van der Waals surface area contributed by atoms with Crippen molar-refractivity contribution in [1.82, 2.24) is 9.44 Å². The number of carboxylic acid groups (broad SMARTS) is 1. The molecule has 3 N–H and O–H groups in total. The van der Waals surface area contributed by atoms with Crippen molar-refractivity contribution in [2.75, 3.05) is 13.1 Å². The maximum Gasteiger partial charge on any atom is 0.335 e. The Morgan fingerprint density at radius 1 is 0.885 bits per heavy atom. The van der Waals surface area contributed by atoms with Crippen LogP contribution < -0.4 is 9.44 Å². The molecule has 0 atom stereocenters. The monoisotopic (exact) mass is 418 g/mol. The van der Waals surface area contributed by atoms with Crippen molar-refractivity contribution in [1.29, 1.82) is 0 Å². The molecule has 0 radical (unpaired) electrons. The molecule has 11 heteroatoms. The molecule has 140 valence electrons. The number of nitrogens with one attached hydrogen (secondary N) is 2. The molecule has 2 aromatic carbocycles. The first-order valence-corrected chi connectivity index (χ1v) is 10.5. The van der Waals surface area contributed by atoms with Crippen molar-refractivity contribution in [3.8, 4) is 0 Å². The molecule has 0 saturated heterocycles. The number of sulfonamides is 2. The van der Waals surface area contributed by atoms with Crippen LogP contribution in [0.15, 0.2) is 58.3 Å². The molecule has 0 spiro atoms. The summed E-state index contributed by atoms with van der Waals surface area (Å²) in [6.45, 7) is -0.424. The standard InChI is InChI=1S/C15H15ClN2O6S2/c16-12-4-2-6-14(10-12)26(23,24)18-8-7-17-25(21,22)13-5-1-3-11(9-13)15(19)20/h1-6,9-10,17-18H,7-8H2,(H,19,20). The van der Waals surface area contributed by atoms with Gasteiger partial charge in [-0.15, -0.1) is 0 Å². The number of halogens is 1. The summed E-state index contributed by atoms with van der Waals surface area (Å²) in [5, 5.41) is 9.16. The van der Waals surface area contributed by atoms with Crippen LogP contribution in [0.3, 0.4) is 0 Å². The van der Waals surface area contributed by atoms with Gasteiger partial charge in [0.05, 0.1) is 15.4 Å². The minimum Gasteiger partial charge on any atom is -0.478 e. The van der Waals surface area contributed by atoms with Crippen LogP contribution in [0.5, 0.6) is 0 Å². The van der Waals surface area contributed by atoms with E-state index < -0.39 is 26.0 Å². The van der Waals surface area contributed by atoms with E-state index in [2.05, 4.69) is 9.44 Å². The van der Waals surface area contributed by atoms with Crippen LogP contribution in [0.25, 0.3) is 0 Å². The zero-order valence-corrected chi connectivity index (χ0v) is 15.6. The van der Waals surface area contributed by atoms with Gasteiger partial charge in [-0.2, -0.15) is 0 Å². The Morgan fingerprint density at radius 2 is 1.38 bits per heavy atom. The van der Waals surface area contributed by atoms with E-state index in [0.29, 0.717) is 0 Å². The van der Waals surface area contributed by atoms with Crippen molar-refractivity contribution >= 4 is 37.6 Å². The molecule has 0 heterocycles. The number of hydrogen-bond donors (Lipinski definition) is 3. The van der Waals surface area contributed by atoms with Gasteiger partial charge < -0.3 is 5.11 Å². The molecule has 0 amide bonds. The summed E-state index contributed by atoms with van der Waals surface area (Å²) in [4.78, 5) is 10.6. The van der Waals surface area contributed by atoms with Gasteiger partial charge >= 0.3 is 5.97 Å². The fraction of sp³-hybridized carbons (Fsp3) is 0.133. The van der Waals surface area contributed by atoms with Crippen LogP contribution in [-0.2, 0) is 20.0 Å². The van der Waals surface area contributed by atoms with Crippen molar-refractivity contribution < 1.29 is 26.7 Å². The molecule has 2 rings (SSSR count). The van der Waals surface area contributed by atoms with E-state index >= 15 is 0 Å². The van der Waals surface area contributed by atoms with Gasteiger partial charge in [0.1, 0.15) is 0 Å². The van der Waals surface area contributed by atoms with Crippen LogP contribution in [0.2, 0.25) is 5.02 Å². The van der Waals surface area contributed by atoms with Crippen LogP contribution in [0.4, 0.5) is 0 Å². The molecule has 0 aliphatic heterocycles. The molecule has 2 aromatic rings. The zero-order chi connectivity index (χ0) is 19.4. The first-order chi connectivity index (χ1) is 12.1. The zero-order valence-electron chi connectivity index (χ0n) is 13.2. The van der Waals surface area contributed by atoms with Gasteiger partial charge in [0.25, 0.3) is 0 Å². The highest BCUT2D eigenvalue weighted by atomic mass is 35.5. The quantitative estimate of drug-likeness (QED) is 0.554. The Morgan fingerprint density at radius 3 is 1.88 bits per heavy atom. The predicted octanol–water partition coefficient (Wildman–Crippen LogP) is 1.30. The molecule has 0 unspecified atom stereocenters. The number of carbonyl (C=O) groups is 1. The second-order valence-corrected chi connectivity index (χ2v) is 9.06. The lowest BCUT2D eigenvalue weighted by molar-refractivity contribution is 0.0696. The Balaban J connectivity index is 1.99. The minimum atomic E-state index is -3.97. The first kappa shape index (κ1) is 20.3. The lowest BCUT2D eigenvalue weighted by atomic mass is 10.2. The Labute approximate surface area is 155 Å². The van der Waals surface area contributed by atoms with Crippen molar-refractivity contribution in [3.05, 3.63) is 59.1 Å². The van der Waals surface area contributed by atoms with Gasteiger partial charge in [-0.05, 0) is 36.4 Å².